The number of nitrogens with zero attached hydrogens (tertiary/aromatic N) is 4. The van der Waals surface area contributed by atoms with Gasteiger partial charge in [-0.3, -0.25) is 0 Å². The minimum absolute atomic E-state index is 0.0423. The quantitative estimate of drug-likeness (QED) is 0.157. The van der Waals surface area contributed by atoms with Gasteiger partial charge in [-0.05, 0) is 74.6 Å². The van der Waals surface area contributed by atoms with Crippen LogP contribution in [0.5, 0.6) is 11.6 Å². The third-order valence-electron chi connectivity index (χ3n) is 8.02. The van der Waals surface area contributed by atoms with Crippen LogP contribution in [0.4, 0.5) is 22.1 Å². The van der Waals surface area contributed by atoms with Crippen molar-refractivity contribution in [2.45, 2.75) is 44.7 Å². The number of sulfonamides is 1. The molecule has 0 unspecified atom stereocenters. The lowest BCUT2D eigenvalue weighted by Crippen LogP contribution is -2.39. The van der Waals surface area contributed by atoms with E-state index in [4.69, 9.17) is 14.8 Å². The van der Waals surface area contributed by atoms with Gasteiger partial charge in [0, 0.05) is 35.2 Å². The summed E-state index contributed by atoms with van der Waals surface area (Å²) in [4.78, 5) is 24.7. The molecule has 0 aliphatic heterocycles. The van der Waals surface area contributed by atoms with Crippen molar-refractivity contribution in [2.75, 3.05) is 15.9 Å². The number of carbonyl (C=O) groups is 1. The van der Waals surface area contributed by atoms with Crippen molar-refractivity contribution in [3.8, 4) is 22.9 Å². The summed E-state index contributed by atoms with van der Waals surface area (Å²) in [5.74, 6) is 1.37. The van der Waals surface area contributed by atoms with Crippen molar-refractivity contribution in [3.05, 3.63) is 96.8 Å². The number of hydrogen-bond acceptors (Lipinski definition) is 8. The molecule has 2 aromatic heterocycles. The van der Waals surface area contributed by atoms with Crippen LogP contribution in [-0.2, 0) is 10.0 Å². The minimum atomic E-state index is -3.68. The molecule has 1 aliphatic carbocycles. The number of ether oxygens (including phenoxy) is 1. The highest BCUT2D eigenvalue weighted by Gasteiger charge is 2.25. The Morgan fingerprint density at radius 2 is 1.63 bits per heavy atom. The molecule has 0 radical (unpaired) electrons. The van der Waals surface area contributed by atoms with E-state index in [0.29, 0.717) is 45.6 Å². The molecular weight excluding hydrogens is 604 g/mol. The van der Waals surface area contributed by atoms with Gasteiger partial charge < -0.3 is 20.5 Å². The third-order valence-corrected chi connectivity index (χ3v) is 9.09. The first-order valence-electron chi connectivity index (χ1n) is 15.0. The lowest BCUT2D eigenvalue weighted by atomic mass is 9.91. The van der Waals surface area contributed by atoms with Gasteiger partial charge in [-0.1, -0.05) is 42.5 Å². The number of hydrogen-bond donors (Lipinski definition) is 3. The van der Waals surface area contributed by atoms with Crippen molar-refractivity contribution in [2.24, 2.45) is 0 Å². The first kappa shape index (κ1) is 30.8. The molecule has 3 N–H and O–H groups in total. The molecule has 0 spiro atoms. The van der Waals surface area contributed by atoms with E-state index in [9.17, 15) is 13.2 Å². The summed E-state index contributed by atoms with van der Waals surface area (Å²) in [7, 11) is -3.68. The van der Waals surface area contributed by atoms with Crippen molar-refractivity contribution < 1.29 is 23.1 Å². The van der Waals surface area contributed by atoms with Crippen LogP contribution in [-0.4, -0.2) is 52.9 Å². The fourth-order valence-corrected chi connectivity index (χ4v) is 6.91. The normalized spacial score (nSPS) is 16.5. The van der Waals surface area contributed by atoms with Gasteiger partial charge in [0.25, 0.3) is 0 Å². The molecule has 0 bridgehead atoms. The van der Waals surface area contributed by atoms with Crippen LogP contribution in [0.25, 0.3) is 22.0 Å². The van der Waals surface area contributed by atoms with Crippen LogP contribution in [0.3, 0.4) is 0 Å². The van der Waals surface area contributed by atoms with Gasteiger partial charge in [-0.2, -0.15) is 0 Å². The first-order chi connectivity index (χ1) is 22.2. The van der Waals surface area contributed by atoms with Crippen LogP contribution in [0.1, 0.15) is 31.2 Å². The van der Waals surface area contributed by atoms with Crippen LogP contribution in [0, 0.1) is 6.92 Å². The summed E-state index contributed by atoms with van der Waals surface area (Å²) >= 11 is 0. The predicted octanol–water partition coefficient (Wildman–Crippen LogP) is 6.88. The number of aromatic nitrogens is 3. The fraction of sp³-hybridized carbons (Fsp3) is 0.235. The molecule has 2 heterocycles. The molecule has 236 valence electrons. The highest BCUT2D eigenvalue weighted by Crippen LogP contribution is 2.41. The minimum Gasteiger partial charge on any atom is -0.465 e. The zero-order valence-electron chi connectivity index (χ0n) is 25.4. The second kappa shape index (κ2) is 13.0. The number of nitrogens with one attached hydrogen (secondary N) is 2. The van der Waals surface area contributed by atoms with E-state index in [0.717, 1.165) is 36.6 Å². The first-order valence-corrected chi connectivity index (χ1v) is 16.8. The second-order valence-electron chi connectivity index (χ2n) is 11.3. The SMILES string of the molecule is Cc1ccc2c(N(c3ccccc3)S(C)(=O)=O)cccc2c1Oc1ncccc1-c1ccnc(NC2CCC(NC(=O)O)CC2)n1. The van der Waals surface area contributed by atoms with E-state index >= 15 is 0 Å². The lowest BCUT2D eigenvalue weighted by molar-refractivity contribution is 0.185. The smallest absolute Gasteiger partial charge is 0.404 e. The molecule has 1 saturated carbocycles. The van der Waals surface area contributed by atoms with E-state index in [2.05, 4.69) is 20.6 Å². The molecule has 6 rings (SSSR count). The molecule has 11 nitrogen and oxygen atoms in total. The summed E-state index contributed by atoms with van der Waals surface area (Å²) in [6, 6.07) is 23.9. The molecule has 46 heavy (non-hydrogen) atoms. The molecule has 0 atom stereocenters. The van der Waals surface area contributed by atoms with E-state index < -0.39 is 16.1 Å². The molecule has 5 aromatic rings. The van der Waals surface area contributed by atoms with Gasteiger partial charge in [0.2, 0.25) is 21.9 Å². The Morgan fingerprint density at radius 3 is 2.37 bits per heavy atom. The standard InChI is InChI=1S/C34H34N6O5S/c1-22-13-18-26-27(10-6-12-30(26)40(46(2,43)44)25-8-4-3-5-9-25)31(22)45-32-28(11-7-20-35-32)29-19-21-36-33(39-29)37-23-14-16-24(17-15-23)38-34(41)42/h3-13,18-21,23-24,38H,14-17H2,1-2H3,(H,41,42)(H,36,37,39). The van der Waals surface area contributed by atoms with Crippen LogP contribution in [0.2, 0.25) is 0 Å². The van der Waals surface area contributed by atoms with Gasteiger partial charge in [-0.15, -0.1) is 0 Å². The van der Waals surface area contributed by atoms with Crippen molar-refractivity contribution in [3.63, 3.8) is 0 Å². The Hall–Kier alpha value is -5.23. The lowest BCUT2D eigenvalue weighted by Gasteiger charge is -2.28. The Kier molecular flexibility index (Phi) is 8.71. The van der Waals surface area contributed by atoms with E-state index in [-0.39, 0.29) is 12.1 Å². The van der Waals surface area contributed by atoms with Crippen LogP contribution >= 0.6 is 0 Å². The highest BCUT2D eigenvalue weighted by molar-refractivity contribution is 7.92. The maximum atomic E-state index is 13.1. The molecule has 0 saturated heterocycles. The summed E-state index contributed by atoms with van der Waals surface area (Å²) in [6.45, 7) is 1.93. The van der Waals surface area contributed by atoms with E-state index in [1.54, 1.807) is 48.8 Å². The van der Waals surface area contributed by atoms with Gasteiger partial charge in [0.1, 0.15) is 5.75 Å². The maximum absolute atomic E-state index is 13.1. The monoisotopic (exact) mass is 638 g/mol. The predicted molar refractivity (Wildman–Crippen MR) is 178 cm³/mol. The maximum Gasteiger partial charge on any atom is 0.404 e. The number of aryl methyl sites for hydroxylation is 1. The molecule has 1 aliphatic rings. The van der Waals surface area contributed by atoms with Crippen molar-refractivity contribution >= 4 is 44.2 Å². The Morgan fingerprint density at radius 1 is 0.870 bits per heavy atom. The third kappa shape index (κ3) is 6.71. The number of rotatable bonds is 9. The molecule has 1 fully saturated rings. The number of benzene rings is 3. The summed E-state index contributed by atoms with van der Waals surface area (Å²) < 4.78 is 34.0. The average Bonchev–Trinajstić information content (AvgIpc) is 3.03. The summed E-state index contributed by atoms with van der Waals surface area (Å²) in [5.41, 5.74) is 3.18. The molecule has 1 amide bonds. The average molecular weight is 639 g/mol. The number of anilines is 3. The Labute approximate surface area is 267 Å². The fourth-order valence-electron chi connectivity index (χ4n) is 5.89. The largest absolute Gasteiger partial charge is 0.465 e. The Balaban J connectivity index is 1.31. The van der Waals surface area contributed by atoms with Crippen molar-refractivity contribution in [1.29, 1.82) is 0 Å². The van der Waals surface area contributed by atoms with Gasteiger partial charge in [-0.25, -0.2) is 32.5 Å². The number of fused-ring (bicyclic) bond motifs is 1. The van der Waals surface area contributed by atoms with Gasteiger partial charge >= 0.3 is 6.09 Å². The topological polar surface area (TPSA) is 147 Å². The second-order valence-corrected chi connectivity index (χ2v) is 13.1. The van der Waals surface area contributed by atoms with Crippen molar-refractivity contribution in [1.82, 2.24) is 20.3 Å². The number of carboxylic acid groups (broad SMARTS) is 1. The van der Waals surface area contributed by atoms with E-state index in [1.165, 1.54) is 10.6 Å². The summed E-state index contributed by atoms with van der Waals surface area (Å²) in [6.07, 6.45) is 6.59. The number of amides is 1. The summed E-state index contributed by atoms with van der Waals surface area (Å²) in [5, 5.41) is 16.4. The zero-order chi connectivity index (χ0) is 32.3. The van der Waals surface area contributed by atoms with Gasteiger partial charge in [0.15, 0.2) is 0 Å². The Bertz CT molecular complexity index is 1980. The van der Waals surface area contributed by atoms with Gasteiger partial charge in [0.05, 0.1) is 28.9 Å². The molecular formula is C34H34N6O5S. The zero-order valence-corrected chi connectivity index (χ0v) is 26.2. The van der Waals surface area contributed by atoms with Crippen LogP contribution in [0.15, 0.2) is 91.3 Å². The number of pyridine rings is 1. The molecule has 3 aromatic carbocycles. The van der Waals surface area contributed by atoms with E-state index in [1.807, 2.05) is 49.4 Å². The molecule has 12 heteroatoms. The number of para-hydroxylation sites is 1. The highest BCUT2D eigenvalue weighted by atomic mass is 32.2. The van der Waals surface area contributed by atoms with Crippen LogP contribution < -0.4 is 19.7 Å².